The van der Waals surface area contributed by atoms with Crippen LogP contribution in [0.5, 0.6) is 0 Å². The van der Waals surface area contributed by atoms with Crippen molar-refractivity contribution in [3.8, 4) is 0 Å². The topological polar surface area (TPSA) is 53.5 Å². The van der Waals surface area contributed by atoms with Crippen molar-refractivity contribution in [2.24, 2.45) is 11.8 Å². The number of rotatable bonds is 2. The van der Waals surface area contributed by atoms with Gasteiger partial charge in [0.1, 0.15) is 0 Å². The number of pyridine rings is 1. The van der Waals surface area contributed by atoms with Gasteiger partial charge in [-0.3, -0.25) is 24.4 Å². The minimum absolute atomic E-state index is 0.00372. The van der Waals surface area contributed by atoms with E-state index in [1.165, 1.54) is 4.90 Å². The maximum Gasteiger partial charge on any atom is 0.234 e. The van der Waals surface area contributed by atoms with E-state index < -0.39 is 0 Å². The zero-order chi connectivity index (χ0) is 16.8. The summed E-state index contributed by atoms with van der Waals surface area (Å²) in [5.74, 6) is -0.410. The van der Waals surface area contributed by atoms with Gasteiger partial charge >= 0.3 is 0 Å². The van der Waals surface area contributed by atoms with Gasteiger partial charge in [-0.05, 0) is 44.5 Å². The van der Waals surface area contributed by atoms with Crippen molar-refractivity contribution in [1.29, 1.82) is 0 Å². The number of hydrogen-bond donors (Lipinski definition) is 0. The third kappa shape index (κ3) is 2.30. The molecule has 0 bridgehead atoms. The second kappa shape index (κ2) is 5.81. The van der Waals surface area contributed by atoms with E-state index in [9.17, 15) is 9.59 Å². The number of piperidine rings is 1. The molecular weight excluding hydrogens is 302 g/mol. The summed E-state index contributed by atoms with van der Waals surface area (Å²) in [6.45, 7) is 2.94. The summed E-state index contributed by atoms with van der Waals surface area (Å²) in [6, 6.07) is 6.14. The maximum atomic E-state index is 12.6. The van der Waals surface area contributed by atoms with Crippen molar-refractivity contribution in [2.45, 2.75) is 38.3 Å². The van der Waals surface area contributed by atoms with Crippen LogP contribution in [0.3, 0.4) is 0 Å². The zero-order valence-corrected chi connectivity index (χ0v) is 14.2. The van der Waals surface area contributed by atoms with Crippen LogP contribution in [0, 0.1) is 18.8 Å². The van der Waals surface area contributed by atoms with Crippen LogP contribution in [-0.2, 0) is 9.59 Å². The van der Waals surface area contributed by atoms with Gasteiger partial charge in [0.05, 0.1) is 17.5 Å². The second-order valence-corrected chi connectivity index (χ2v) is 7.14. The molecule has 5 nitrogen and oxygen atoms in total. The quantitative estimate of drug-likeness (QED) is 0.779. The fourth-order valence-electron chi connectivity index (χ4n) is 4.65. The molecule has 2 amide bonds. The predicted octanol–water partition coefficient (Wildman–Crippen LogP) is 1.87. The first-order valence-electron chi connectivity index (χ1n) is 8.77. The van der Waals surface area contributed by atoms with Gasteiger partial charge in [-0.2, -0.15) is 0 Å². The van der Waals surface area contributed by atoms with E-state index in [1.807, 2.05) is 31.2 Å². The first-order valence-corrected chi connectivity index (χ1v) is 8.77. The first-order chi connectivity index (χ1) is 11.6. The zero-order valence-electron chi connectivity index (χ0n) is 14.2. The molecule has 0 radical (unpaired) electrons. The predicted molar refractivity (Wildman–Crippen MR) is 90.9 cm³/mol. The van der Waals surface area contributed by atoms with Gasteiger partial charge in [-0.25, -0.2) is 0 Å². The van der Waals surface area contributed by atoms with Crippen LogP contribution in [0.2, 0.25) is 0 Å². The summed E-state index contributed by atoms with van der Waals surface area (Å²) in [5, 5.41) is 0. The lowest BCUT2D eigenvalue weighted by Crippen LogP contribution is -2.45. The van der Waals surface area contributed by atoms with Crippen LogP contribution in [0.25, 0.3) is 6.08 Å². The number of hydrogen-bond acceptors (Lipinski definition) is 4. The van der Waals surface area contributed by atoms with Crippen molar-refractivity contribution in [3.63, 3.8) is 0 Å². The number of nitrogens with zero attached hydrogens (tertiary/aromatic N) is 3. The minimum atomic E-state index is -0.230. The van der Waals surface area contributed by atoms with Gasteiger partial charge < -0.3 is 0 Å². The molecule has 4 rings (SSSR count). The SMILES string of the molecule is Cc1cccc(/C=C/C2C3C(=O)N(C)C(=O)C3C3CCCCN23)n1. The van der Waals surface area contributed by atoms with Gasteiger partial charge in [-0.15, -0.1) is 0 Å². The van der Waals surface area contributed by atoms with Crippen LogP contribution in [0.1, 0.15) is 30.7 Å². The molecule has 0 spiro atoms. The minimum Gasteiger partial charge on any atom is -0.292 e. The molecule has 0 saturated carbocycles. The van der Waals surface area contributed by atoms with E-state index in [0.717, 1.165) is 37.2 Å². The molecule has 0 aliphatic carbocycles. The van der Waals surface area contributed by atoms with Crippen LogP contribution < -0.4 is 0 Å². The molecule has 4 unspecified atom stereocenters. The molecule has 1 aromatic rings. The number of aromatic nitrogens is 1. The molecule has 5 heteroatoms. The van der Waals surface area contributed by atoms with Crippen LogP contribution in [0.4, 0.5) is 0 Å². The molecule has 4 heterocycles. The summed E-state index contributed by atoms with van der Waals surface area (Å²) >= 11 is 0. The Morgan fingerprint density at radius 1 is 1.17 bits per heavy atom. The Bertz CT molecular complexity index is 714. The van der Waals surface area contributed by atoms with Crippen molar-refractivity contribution in [2.75, 3.05) is 13.6 Å². The van der Waals surface area contributed by atoms with E-state index in [0.29, 0.717) is 0 Å². The fourth-order valence-corrected chi connectivity index (χ4v) is 4.65. The Morgan fingerprint density at radius 2 is 1.96 bits per heavy atom. The monoisotopic (exact) mass is 325 g/mol. The summed E-state index contributed by atoms with van der Waals surface area (Å²) < 4.78 is 0. The smallest absolute Gasteiger partial charge is 0.234 e. The Labute approximate surface area is 142 Å². The fraction of sp³-hybridized carbons (Fsp3) is 0.526. The van der Waals surface area contributed by atoms with E-state index >= 15 is 0 Å². The van der Waals surface area contributed by atoms with E-state index in [2.05, 4.69) is 16.0 Å². The van der Waals surface area contributed by atoms with Crippen LogP contribution >= 0.6 is 0 Å². The highest BCUT2D eigenvalue weighted by Gasteiger charge is 2.60. The maximum absolute atomic E-state index is 12.6. The molecule has 24 heavy (non-hydrogen) atoms. The average molecular weight is 325 g/mol. The summed E-state index contributed by atoms with van der Waals surface area (Å²) in [5.41, 5.74) is 1.88. The molecule has 0 N–H and O–H groups in total. The third-order valence-electron chi connectivity index (χ3n) is 5.75. The molecule has 3 aliphatic heterocycles. The van der Waals surface area contributed by atoms with Crippen LogP contribution in [-0.4, -0.2) is 52.3 Å². The molecule has 3 saturated heterocycles. The molecule has 126 valence electrons. The normalized spacial score (nSPS) is 33.3. The highest BCUT2D eigenvalue weighted by molar-refractivity contribution is 6.06. The van der Waals surface area contributed by atoms with Crippen molar-refractivity contribution >= 4 is 17.9 Å². The summed E-state index contributed by atoms with van der Waals surface area (Å²) in [4.78, 5) is 33.4. The lowest BCUT2D eigenvalue weighted by atomic mass is 9.87. The Balaban J connectivity index is 1.67. The highest BCUT2D eigenvalue weighted by Crippen LogP contribution is 2.45. The van der Waals surface area contributed by atoms with Gasteiger partial charge in [0, 0.05) is 24.8 Å². The number of aryl methyl sites for hydroxylation is 1. The second-order valence-electron chi connectivity index (χ2n) is 7.14. The third-order valence-corrected chi connectivity index (χ3v) is 5.75. The van der Waals surface area contributed by atoms with Crippen molar-refractivity contribution in [3.05, 3.63) is 35.7 Å². The molecular formula is C19H23N3O2. The number of likely N-dealkylation sites (tertiary alicyclic amines) is 1. The lowest BCUT2D eigenvalue weighted by molar-refractivity contribution is -0.139. The number of amides is 2. The average Bonchev–Trinajstić information content (AvgIpc) is 3.02. The summed E-state index contributed by atoms with van der Waals surface area (Å²) in [7, 11) is 1.62. The number of imide groups is 1. The van der Waals surface area contributed by atoms with Gasteiger partial charge in [0.15, 0.2) is 0 Å². The molecule has 0 aromatic carbocycles. The Hall–Kier alpha value is -2.01. The number of fused-ring (bicyclic) bond motifs is 3. The Kier molecular flexibility index (Phi) is 3.76. The molecule has 4 atom stereocenters. The number of carbonyl (C=O) groups excluding carboxylic acids is 2. The van der Waals surface area contributed by atoms with E-state index in [-0.39, 0.29) is 35.7 Å². The number of carbonyl (C=O) groups is 2. The molecule has 3 aliphatic rings. The van der Waals surface area contributed by atoms with Crippen LogP contribution in [0.15, 0.2) is 24.3 Å². The molecule has 1 aromatic heterocycles. The van der Waals surface area contributed by atoms with Gasteiger partial charge in [0.25, 0.3) is 0 Å². The highest BCUT2D eigenvalue weighted by atomic mass is 16.2. The van der Waals surface area contributed by atoms with E-state index in [4.69, 9.17) is 0 Å². The van der Waals surface area contributed by atoms with Crippen molar-refractivity contribution < 1.29 is 9.59 Å². The summed E-state index contributed by atoms with van der Waals surface area (Å²) in [6.07, 6.45) is 7.39. The molecule has 3 fully saturated rings. The first kappa shape index (κ1) is 15.5. The van der Waals surface area contributed by atoms with Gasteiger partial charge in [-0.1, -0.05) is 18.6 Å². The lowest BCUT2D eigenvalue weighted by Gasteiger charge is -2.35. The Morgan fingerprint density at radius 3 is 2.75 bits per heavy atom. The van der Waals surface area contributed by atoms with Gasteiger partial charge in [0.2, 0.25) is 11.8 Å². The van der Waals surface area contributed by atoms with Crippen molar-refractivity contribution in [1.82, 2.24) is 14.8 Å². The largest absolute Gasteiger partial charge is 0.292 e. The van der Waals surface area contributed by atoms with E-state index in [1.54, 1.807) is 7.05 Å². The standard InChI is InChI=1S/C19H23N3O2/c1-12-6-5-7-13(20-12)9-10-15-17-16(18(23)21(2)19(17)24)14-8-3-4-11-22(14)15/h5-7,9-10,14-17H,3-4,8,11H2,1-2H3/b10-9+.